The zero-order valence-corrected chi connectivity index (χ0v) is 5.96. The van der Waals surface area contributed by atoms with Gasteiger partial charge in [-0.25, -0.2) is 0 Å². The number of ether oxygens (including phenoxy) is 1. The molecule has 0 spiro atoms. The third-order valence-corrected chi connectivity index (χ3v) is 1.75. The summed E-state index contributed by atoms with van der Waals surface area (Å²) < 4.78 is 5.16. The molecular formula is C6H12N2O2. The Morgan fingerprint density at radius 2 is 2.60 bits per heavy atom. The van der Waals surface area contributed by atoms with Crippen LogP contribution >= 0.6 is 0 Å². The smallest absolute Gasteiger partial charge is 0.222 e. The molecule has 1 fully saturated rings. The Morgan fingerprint density at radius 1 is 1.90 bits per heavy atom. The van der Waals surface area contributed by atoms with Crippen LogP contribution in [0, 0.1) is 5.92 Å². The lowest BCUT2D eigenvalue weighted by molar-refractivity contribution is -0.124. The molecule has 2 atom stereocenters. The lowest BCUT2D eigenvalue weighted by Crippen LogP contribution is -2.33. The first-order chi connectivity index (χ1) is 4.72. The van der Waals surface area contributed by atoms with E-state index in [1.165, 1.54) is 0 Å². The van der Waals surface area contributed by atoms with Crippen molar-refractivity contribution in [2.45, 2.75) is 13.0 Å². The van der Waals surface area contributed by atoms with E-state index in [1.54, 1.807) is 6.92 Å². The van der Waals surface area contributed by atoms with Gasteiger partial charge in [-0.3, -0.25) is 10.1 Å². The Balaban J connectivity index is 2.39. The van der Waals surface area contributed by atoms with Crippen molar-refractivity contribution >= 4 is 5.91 Å². The largest absolute Gasteiger partial charge is 0.369 e. The number of rotatable bonds is 2. The zero-order chi connectivity index (χ0) is 7.56. The highest BCUT2D eigenvalue weighted by atomic mass is 16.5. The van der Waals surface area contributed by atoms with Crippen LogP contribution in [0.5, 0.6) is 0 Å². The molecule has 1 aliphatic heterocycles. The van der Waals surface area contributed by atoms with Crippen LogP contribution in [-0.4, -0.2) is 25.3 Å². The molecule has 1 amide bonds. The monoisotopic (exact) mass is 144 g/mol. The third kappa shape index (κ3) is 1.46. The molecule has 2 unspecified atom stereocenters. The number of nitrogens with two attached hydrogens (primary N) is 1. The molecule has 1 rings (SSSR count). The first-order valence-corrected chi connectivity index (χ1v) is 3.33. The maximum absolute atomic E-state index is 10.6. The number of carbonyl (C=O) groups is 1. The van der Waals surface area contributed by atoms with E-state index in [4.69, 9.17) is 10.5 Å². The van der Waals surface area contributed by atoms with Crippen LogP contribution in [0.25, 0.3) is 0 Å². The average Bonchev–Trinajstić information content (AvgIpc) is 2.36. The van der Waals surface area contributed by atoms with Gasteiger partial charge in [-0.2, -0.15) is 0 Å². The topological polar surface area (TPSA) is 64.4 Å². The molecule has 0 aliphatic carbocycles. The van der Waals surface area contributed by atoms with Gasteiger partial charge < -0.3 is 10.5 Å². The van der Waals surface area contributed by atoms with E-state index >= 15 is 0 Å². The number of primary amides is 1. The maximum atomic E-state index is 10.6. The van der Waals surface area contributed by atoms with Gasteiger partial charge in [0.15, 0.2) is 0 Å². The van der Waals surface area contributed by atoms with E-state index in [0.717, 1.165) is 6.54 Å². The van der Waals surface area contributed by atoms with E-state index in [1.807, 2.05) is 0 Å². The molecule has 0 bridgehead atoms. The van der Waals surface area contributed by atoms with E-state index in [2.05, 4.69) is 5.32 Å². The van der Waals surface area contributed by atoms with Crippen LogP contribution in [0.2, 0.25) is 0 Å². The molecule has 0 saturated carbocycles. The molecular weight excluding hydrogens is 132 g/mol. The van der Waals surface area contributed by atoms with E-state index < -0.39 is 0 Å². The minimum Gasteiger partial charge on any atom is -0.369 e. The Morgan fingerprint density at radius 3 is 3.00 bits per heavy atom. The van der Waals surface area contributed by atoms with Gasteiger partial charge in [0.2, 0.25) is 5.91 Å². The van der Waals surface area contributed by atoms with E-state index in [-0.39, 0.29) is 17.9 Å². The molecule has 0 radical (unpaired) electrons. The lowest BCUT2D eigenvalue weighted by Gasteiger charge is -2.12. The molecule has 1 aliphatic rings. The lowest BCUT2D eigenvalue weighted by atomic mass is 10.1. The summed E-state index contributed by atoms with van der Waals surface area (Å²) in [7, 11) is 0. The predicted molar refractivity (Wildman–Crippen MR) is 36.1 cm³/mol. The molecule has 10 heavy (non-hydrogen) atoms. The Kier molecular flexibility index (Phi) is 2.24. The first kappa shape index (κ1) is 7.50. The van der Waals surface area contributed by atoms with Gasteiger partial charge in [0.1, 0.15) is 0 Å². The Labute approximate surface area is 59.7 Å². The molecule has 1 heterocycles. The SMILES string of the molecule is CC(C(N)=O)C1CNCO1. The second kappa shape index (κ2) is 2.98. The van der Waals surface area contributed by atoms with Crippen LogP contribution in [0.15, 0.2) is 0 Å². The van der Waals surface area contributed by atoms with Crippen molar-refractivity contribution in [3.8, 4) is 0 Å². The molecule has 4 nitrogen and oxygen atoms in total. The normalized spacial score (nSPS) is 28.3. The summed E-state index contributed by atoms with van der Waals surface area (Å²) in [4.78, 5) is 10.6. The van der Waals surface area contributed by atoms with Crippen molar-refractivity contribution in [2.24, 2.45) is 11.7 Å². The minimum absolute atomic E-state index is 0.0301. The van der Waals surface area contributed by atoms with Gasteiger partial charge in [0, 0.05) is 6.54 Å². The van der Waals surface area contributed by atoms with E-state index in [9.17, 15) is 4.79 Å². The van der Waals surface area contributed by atoms with Crippen molar-refractivity contribution in [3.63, 3.8) is 0 Å². The standard InChI is InChI=1S/C6H12N2O2/c1-4(6(7)9)5-2-8-3-10-5/h4-5,8H,2-3H2,1H3,(H2,7,9). The maximum Gasteiger partial charge on any atom is 0.222 e. The van der Waals surface area contributed by atoms with Crippen LogP contribution in [0.4, 0.5) is 0 Å². The van der Waals surface area contributed by atoms with Gasteiger partial charge >= 0.3 is 0 Å². The molecule has 0 aromatic carbocycles. The highest BCUT2D eigenvalue weighted by Gasteiger charge is 2.25. The number of amides is 1. The Hall–Kier alpha value is -0.610. The first-order valence-electron chi connectivity index (χ1n) is 3.33. The molecule has 58 valence electrons. The second-order valence-electron chi connectivity index (χ2n) is 2.49. The van der Waals surface area contributed by atoms with Crippen molar-refractivity contribution in [1.29, 1.82) is 0 Å². The van der Waals surface area contributed by atoms with Crippen molar-refractivity contribution in [3.05, 3.63) is 0 Å². The van der Waals surface area contributed by atoms with Crippen molar-refractivity contribution in [2.75, 3.05) is 13.3 Å². The predicted octanol–water partition coefficient (Wildman–Crippen LogP) is -0.946. The zero-order valence-electron chi connectivity index (χ0n) is 5.96. The fourth-order valence-electron chi connectivity index (χ4n) is 0.930. The Bertz CT molecular complexity index is 132. The van der Waals surface area contributed by atoms with Gasteiger partial charge in [0.25, 0.3) is 0 Å². The van der Waals surface area contributed by atoms with Gasteiger partial charge in [-0.05, 0) is 0 Å². The number of hydrogen-bond acceptors (Lipinski definition) is 3. The molecule has 3 N–H and O–H groups in total. The van der Waals surface area contributed by atoms with Crippen molar-refractivity contribution in [1.82, 2.24) is 5.32 Å². The molecule has 0 aromatic rings. The molecule has 1 saturated heterocycles. The summed E-state index contributed by atoms with van der Waals surface area (Å²) in [5.41, 5.74) is 5.07. The van der Waals surface area contributed by atoms with Gasteiger partial charge in [-0.1, -0.05) is 6.92 Å². The van der Waals surface area contributed by atoms with Crippen molar-refractivity contribution < 1.29 is 9.53 Å². The number of nitrogens with one attached hydrogen (secondary N) is 1. The average molecular weight is 144 g/mol. The quantitative estimate of drug-likeness (QED) is 0.525. The summed E-state index contributed by atoms with van der Waals surface area (Å²) in [5.74, 6) is -0.483. The fraction of sp³-hybridized carbons (Fsp3) is 0.833. The summed E-state index contributed by atoms with van der Waals surface area (Å²) in [5, 5.41) is 2.98. The fourth-order valence-corrected chi connectivity index (χ4v) is 0.930. The third-order valence-electron chi connectivity index (χ3n) is 1.75. The summed E-state index contributed by atoms with van der Waals surface area (Å²) >= 11 is 0. The minimum atomic E-state index is -0.297. The van der Waals surface area contributed by atoms with E-state index in [0.29, 0.717) is 6.73 Å². The van der Waals surface area contributed by atoms with Gasteiger partial charge in [0.05, 0.1) is 18.8 Å². The second-order valence-corrected chi connectivity index (χ2v) is 2.49. The van der Waals surface area contributed by atoms with Crippen LogP contribution in [0.1, 0.15) is 6.92 Å². The van der Waals surface area contributed by atoms with Crippen LogP contribution in [0.3, 0.4) is 0 Å². The number of carbonyl (C=O) groups excluding carboxylic acids is 1. The summed E-state index contributed by atoms with van der Waals surface area (Å²) in [6.45, 7) is 3.03. The molecule has 0 aromatic heterocycles. The number of hydrogen-bond donors (Lipinski definition) is 2. The van der Waals surface area contributed by atoms with Crippen LogP contribution < -0.4 is 11.1 Å². The molecule has 4 heteroatoms. The highest BCUT2D eigenvalue weighted by molar-refractivity contribution is 5.76. The summed E-state index contributed by atoms with van der Waals surface area (Å²) in [6, 6.07) is 0. The summed E-state index contributed by atoms with van der Waals surface area (Å²) in [6.07, 6.45) is -0.0301. The van der Waals surface area contributed by atoms with Gasteiger partial charge in [-0.15, -0.1) is 0 Å². The highest BCUT2D eigenvalue weighted by Crippen LogP contribution is 2.08. The van der Waals surface area contributed by atoms with Crippen LogP contribution in [-0.2, 0) is 9.53 Å².